The predicted octanol–water partition coefficient (Wildman–Crippen LogP) is 0.559. The van der Waals surface area contributed by atoms with Crippen LogP contribution in [-0.2, 0) is 20.8 Å². The van der Waals surface area contributed by atoms with Gasteiger partial charge in [0.05, 0.1) is 5.69 Å². The summed E-state index contributed by atoms with van der Waals surface area (Å²) in [4.78, 5) is 3.95. The highest BCUT2D eigenvalue weighted by atomic mass is 32.2. The van der Waals surface area contributed by atoms with Gasteiger partial charge in [-0.1, -0.05) is 0 Å². The van der Waals surface area contributed by atoms with Gasteiger partial charge in [0.2, 0.25) is 10.0 Å². The lowest BCUT2D eigenvalue weighted by atomic mass is 10.3. The number of sulfonamides is 1. The van der Waals surface area contributed by atoms with Gasteiger partial charge < -0.3 is 5.32 Å². The molecule has 0 fully saturated rings. The molecule has 1 rings (SSSR count). The van der Waals surface area contributed by atoms with Crippen molar-refractivity contribution >= 4 is 26.5 Å². The monoisotopic (exact) mass is 305 g/mol. The second-order valence-corrected chi connectivity index (χ2v) is 7.45. The molecule has 0 spiro atoms. The van der Waals surface area contributed by atoms with Crippen LogP contribution in [0.25, 0.3) is 0 Å². The highest BCUT2D eigenvalue weighted by Crippen LogP contribution is 2.19. The largest absolute Gasteiger partial charge is 0.387 e. The van der Waals surface area contributed by atoms with Gasteiger partial charge in [-0.2, -0.15) is 0 Å². The van der Waals surface area contributed by atoms with Crippen molar-refractivity contribution in [3.05, 3.63) is 18.5 Å². The molecule has 1 heterocycles. The number of rotatable bonds is 7. The van der Waals surface area contributed by atoms with Gasteiger partial charge in [0.1, 0.15) is 4.90 Å². The van der Waals surface area contributed by atoms with Gasteiger partial charge in [-0.3, -0.25) is 9.19 Å². The zero-order valence-electron chi connectivity index (χ0n) is 11.2. The normalized spacial score (nSPS) is 14.9. The van der Waals surface area contributed by atoms with Crippen LogP contribution in [0.3, 0.4) is 0 Å². The second kappa shape index (κ2) is 6.97. The van der Waals surface area contributed by atoms with Gasteiger partial charge in [-0.05, 0) is 19.4 Å². The Bertz CT molecular complexity index is 546. The molecule has 0 aliphatic carbocycles. The molecule has 2 atom stereocenters. The molecule has 0 aliphatic heterocycles. The fourth-order valence-corrected chi connectivity index (χ4v) is 3.65. The third kappa shape index (κ3) is 4.88. The molecule has 1 aromatic rings. The Balaban J connectivity index is 2.83. The standard InChI is InChI=1S/C11H19N3O3S2/c1-9(5-7-18(3)15)14-19(16,17)11-8-13-6-4-10(11)12-2/h4,6,8-9,14H,5,7H2,1-3H3,(H,12,13). The van der Waals surface area contributed by atoms with E-state index in [0.29, 0.717) is 17.9 Å². The van der Waals surface area contributed by atoms with Crippen LogP contribution in [0, 0.1) is 0 Å². The number of pyridine rings is 1. The average Bonchev–Trinajstić information content (AvgIpc) is 2.35. The van der Waals surface area contributed by atoms with E-state index in [1.807, 2.05) is 0 Å². The molecule has 0 radical (unpaired) electrons. The van der Waals surface area contributed by atoms with E-state index in [-0.39, 0.29) is 10.9 Å². The fourth-order valence-electron chi connectivity index (χ4n) is 1.53. The molecule has 0 aromatic carbocycles. The van der Waals surface area contributed by atoms with E-state index in [1.54, 1.807) is 26.3 Å². The first-order chi connectivity index (χ1) is 8.86. The minimum Gasteiger partial charge on any atom is -0.387 e. The number of nitrogens with one attached hydrogen (secondary N) is 2. The highest BCUT2D eigenvalue weighted by Gasteiger charge is 2.20. The van der Waals surface area contributed by atoms with Crippen LogP contribution in [0.2, 0.25) is 0 Å². The van der Waals surface area contributed by atoms with Crippen LogP contribution in [-0.4, -0.2) is 42.7 Å². The quantitative estimate of drug-likeness (QED) is 0.768. The molecule has 0 saturated carbocycles. The topological polar surface area (TPSA) is 88.2 Å². The molecule has 108 valence electrons. The van der Waals surface area contributed by atoms with Gasteiger partial charge in [-0.25, -0.2) is 13.1 Å². The molecule has 0 bridgehead atoms. The zero-order chi connectivity index (χ0) is 14.5. The molecule has 19 heavy (non-hydrogen) atoms. The summed E-state index contributed by atoms with van der Waals surface area (Å²) in [5.41, 5.74) is 0.494. The van der Waals surface area contributed by atoms with Crippen LogP contribution in [0.5, 0.6) is 0 Å². The second-order valence-electron chi connectivity index (χ2n) is 4.21. The van der Waals surface area contributed by atoms with Crippen molar-refractivity contribution in [1.82, 2.24) is 9.71 Å². The molecule has 8 heteroatoms. The van der Waals surface area contributed by atoms with Crippen molar-refractivity contribution in [1.29, 1.82) is 0 Å². The summed E-state index contributed by atoms with van der Waals surface area (Å²) < 4.78 is 38.0. The predicted molar refractivity (Wildman–Crippen MR) is 77.1 cm³/mol. The Morgan fingerprint density at radius 1 is 1.47 bits per heavy atom. The summed E-state index contributed by atoms with van der Waals surface area (Å²) in [7, 11) is -2.90. The van der Waals surface area contributed by atoms with Crippen molar-refractivity contribution in [3.63, 3.8) is 0 Å². The molecular formula is C11H19N3O3S2. The number of nitrogens with zero attached hydrogens (tertiary/aromatic N) is 1. The lowest BCUT2D eigenvalue weighted by Crippen LogP contribution is -2.34. The Hall–Kier alpha value is -0.990. The summed E-state index contributed by atoms with van der Waals surface area (Å²) in [6.45, 7) is 1.75. The van der Waals surface area contributed by atoms with E-state index in [0.717, 1.165) is 0 Å². The molecule has 2 N–H and O–H groups in total. The molecular weight excluding hydrogens is 286 g/mol. The first-order valence-corrected chi connectivity index (χ1v) is 9.02. The van der Waals surface area contributed by atoms with E-state index in [4.69, 9.17) is 0 Å². The number of aromatic nitrogens is 1. The minimum atomic E-state index is -3.62. The minimum absolute atomic E-state index is 0.113. The molecule has 0 aliphatic rings. The summed E-state index contributed by atoms with van der Waals surface area (Å²) in [6.07, 6.45) is 4.95. The third-order valence-electron chi connectivity index (χ3n) is 2.54. The molecule has 6 nitrogen and oxygen atoms in total. The van der Waals surface area contributed by atoms with Gasteiger partial charge >= 0.3 is 0 Å². The maximum absolute atomic E-state index is 12.2. The number of hydrogen-bond acceptors (Lipinski definition) is 5. The van der Waals surface area contributed by atoms with Crippen LogP contribution >= 0.6 is 0 Å². The SMILES string of the molecule is CNc1ccncc1S(=O)(=O)NC(C)CCS(C)=O. The van der Waals surface area contributed by atoms with Gasteiger partial charge in [-0.15, -0.1) is 0 Å². The molecule has 0 saturated heterocycles. The first-order valence-electron chi connectivity index (χ1n) is 5.81. The lowest BCUT2D eigenvalue weighted by molar-refractivity contribution is 0.555. The molecule has 0 amide bonds. The maximum Gasteiger partial charge on any atom is 0.244 e. The van der Waals surface area contributed by atoms with Crippen molar-refractivity contribution in [2.24, 2.45) is 0 Å². The highest BCUT2D eigenvalue weighted by molar-refractivity contribution is 7.89. The molecule has 2 unspecified atom stereocenters. The van der Waals surface area contributed by atoms with E-state index < -0.39 is 20.8 Å². The number of anilines is 1. The Labute approximate surface area is 116 Å². The van der Waals surface area contributed by atoms with Crippen LogP contribution < -0.4 is 10.0 Å². The van der Waals surface area contributed by atoms with Crippen LogP contribution in [0.4, 0.5) is 5.69 Å². The zero-order valence-corrected chi connectivity index (χ0v) is 12.8. The van der Waals surface area contributed by atoms with Crippen LogP contribution in [0.15, 0.2) is 23.4 Å². The summed E-state index contributed by atoms with van der Waals surface area (Å²) in [6, 6.07) is 1.32. The van der Waals surface area contributed by atoms with Crippen molar-refractivity contribution in [2.45, 2.75) is 24.3 Å². The Kier molecular flexibility index (Phi) is 5.89. The van der Waals surface area contributed by atoms with E-state index >= 15 is 0 Å². The number of hydrogen-bond donors (Lipinski definition) is 2. The van der Waals surface area contributed by atoms with Crippen molar-refractivity contribution in [2.75, 3.05) is 24.4 Å². The molecule has 1 aromatic heterocycles. The van der Waals surface area contributed by atoms with E-state index in [1.165, 1.54) is 12.4 Å². The smallest absolute Gasteiger partial charge is 0.244 e. The van der Waals surface area contributed by atoms with E-state index in [2.05, 4.69) is 15.0 Å². The maximum atomic E-state index is 12.2. The third-order valence-corrected chi connectivity index (χ3v) is 4.97. The fraction of sp³-hybridized carbons (Fsp3) is 0.545. The summed E-state index contributed by atoms with van der Waals surface area (Å²) in [5.74, 6) is 0.468. The van der Waals surface area contributed by atoms with Gasteiger partial charge in [0.25, 0.3) is 0 Å². The lowest BCUT2D eigenvalue weighted by Gasteiger charge is -2.15. The van der Waals surface area contributed by atoms with Crippen LogP contribution in [0.1, 0.15) is 13.3 Å². The van der Waals surface area contributed by atoms with Gasteiger partial charge in [0, 0.05) is 48.3 Å². The van der Waals surface area contributed by atoms with Crippen molar-refractivity contribution < 1.29 is 12.6 Å². The summed E-state index contributed by atoms with van der Waals surface area (Å²) in [5, 5.41) is 2.82. The summed E-state index contributed by atoms with van der Waals surface area (Å²) >= 11 is 0. The van der Waals surface area contributed by atoms with E-state index in [9.17, 15) is 12.6 Å². The first kappa shape index (κ1) is 16.1. The Morgan fingerprint density at radius 2 is 2.16 bits per heavy atom. The van der Waals surface area contributed by atoms with Gasteiger partial charge in [0.15, 0.2) is 0 Å². The van der Waals surface area contributed by atoms with Crippen molar-refractivity contribution in [3.8, 4) is 0 Å². The Morgan fingerprint density at radius 3 is 2.74 bits per heavy atom. The average molecular weight is 305 g/mol.